The van der Waals surface area contributed by atoms with E-state index in [1.165, 1.54) is 13.0 Å². The Labute approximate surface area is 191 Å². The van der Waals surface area contributed by atoms with Gasteiger partial charge >= 0.3 is 0 Å². The first kappa shape index (κ1) is 25.6. The van der Waals surface area contributed by atoms with Crippen LogP contribution in [0, 0.1) is 17.5 Å². The molecule has 9 heteroatoms. The maximum absolute atomic E-state index is 14.2. The van der Waals surface area contributed by atoms with Gasteiger partial charge in [-0.2, -0.15) is 5.10 Å². The molecule has 0 unspecified atom stereocenters. The van der Waals surface area contributed by atoms with Gasteiger partial charge in [0.05, 0.1) is 6.42 Å². The summed E-state index contributed by atoms with van der Waals surface area (Å²) in [7, 11) is 0. The number of nitrogens with one attached hydrogen (secondary N) is 3. The summed E-state index contributed by atoms with van der Waals surface area (Å²) in [6.07, 6.45) is -0.292. The van der Waals surface area contributed by atoms with Crippen LogP contribution < -0.4 is 16.1 Å². The molecule has 6 nitrogen and oxygen atoms in total. The van der Waals surface area contributed by atoms with Gasteiger partial charge in [0, 0.05) is 17.2 Å². The van der Waals surface area contributed by atoms with E-state index in [2.05, 4.69) is 27.7 Å². The predicted molar refractivity (Wildman–Crippen MR) is 121 cm³/mol. The summed E-state index contributed by atoms with van der Waals surface area (Å²) in [5, 5.41) is 9.10. The summed E-state index contributed by atoms with van der Waals surface area (Å²) in [5.74, 6) is -3.04. The summed E-state index contributed by atoms with van der Waals surface area (Å²) in [6.45, 7) is 10.5. The molecule has 0 aliphatic rings. The molecule has 2 amide bonds. The standard InChI is InChI=1S/C24H27F3N4O2/c1-14(28-22(32)12-17-10-18(25)13-19(26)11-17)23(33)29-16(3)31-30-15(2)24(4,5)20-8-6-7-9-21(20)27/h6-11,13-14,31H,3,12H2,1-2,4-5H3,(H,28,32)(H,29,33)/b30-15+/t14-/m0/s1. The zero-order valence-corrected chi connectivity index (χ0v) is 18.9. The molecule has 0 aliphatic carbocycles. The molecule has 0 aromatic heterocycles. The van der Waals surface area contributed by atoms with E-state index in [4.69, 9.17) is 0 Å². The molecule has 2 aromatic rings. The lowest BCUT2D eigenvalue weighted by Crippen LogP contribution is -2.46. The summed E-state index contributed by atoms with van der Waals surface area (Å²) in [5.41, 5.74) is 3.05. The van der Waals surface area contributed by atoms with Crippen LogP contribution in [0.1, 0.15) is 38.8 Å². The zero-order chi connectivity index (χ0) is 24.8. The van der Waals surface area contributed by atoms with Crippen molar-refractivity contribution in [2.24, 2.45) is 5.10 Å². The van der Waals surface area contributed by atoms with Crippen molar-refractivity contribution in [3.63, 3.8) is 0 Å². The van der Waals surface area contributed by atoms with Crippen molar-refractivity contribution in [3.8, 4) is 0 Å². The highest BCUT2D eigenvalue weighted by Crippen LogP contribution is 2.27. The first-order valence-corrected chi connectivity index (χ1v) is 10.2. The van der Waals surface area contributed by atoms with Crippen molar-refractivity contribution >= 4 is 17.5 Å². The van der Waals surface area contributed by atoms with Crippen molar-refractivity contribution in [2.45, 2.75) is 45.6 Å². The molecular formula is C24H27F3N4O2. The molecule has 0 fully saturated rings. The molecule has 0 spiro atoms. The maximum atomic E-state index is 14.2. The van der Waals surface area contributed by atoms with Crippen LogP contribution in [-0.2, 0) is 21.4 Å². The maximum Gasteiger partial charge on any atom is 0.247 e. The van der Waals surface area contributed by atoms with Crippen molar-refractivity contribution in [2.75, 3.05) is 0 Å². The van der Waals surface area contributed by atoms with Gasteiger partial charge in [-0.3, -0.25) is 15.0 Å². The average molecular weight is 461 g/mol. The van der Waals surface area contributed by atoms with Crippen molar-refractivity contribution in [1.29, 1.82) is 0 Å². The van der Waals surface area contributed by atoms with Crippen LogP contribution in [0.25, 0.3) is 0 Å². The van der Waals surface area contributed by atoms with Gasteiger partial charge in [0.25, 0.3) is 0 Å². The Morgan fingerprint density at radius 2 is 1.70 bits per heavy atom. The number of carbonyl (C=O) groups is 2. The van der Waals surface area contributed by atoms with Crippen molar-refractivity contribution in [1.82, 2.24) is 16.1 Å². The number of hydrogen-bond donors (Lipinski definition) is 3. The van der Waals surface area contributed by atoms with Crippen LogP contribution in [0.4, 0.5) is 13.2 Å². The summed E-state index contributed by atoms with van der Waals surface area (Å²) < 4.78 is 40.7. The van der Waals surface area contributed by atoms with Crippen molar-refractivity contribution < 1.29 is 22.8 Å². The van der Waals surface area contributed by atoms with E-state index in [9.17, 15) is 22.8 Å². The van der Waals surface area contributed by atoms with Gasteiger partial charge < -0.3 is 10.6 Å². The Morgan fingerprint density at radius 1 is 1.09 bits per heavy atom. The summed E-state index contributed by atoms with van der Waals surface area (Å²) in [4.78, 5) is 24.4. The number of benzene rings is 2. The smallest absolute Gasteiger partial charge is 0.247 e. The summed E-state index contributed by atoms with van der Waals surface area (Å²) in [6, 6.07) is 8.23. The first-order valence-electron chi connectivity index (χ1n) is 10.2. The average Bonchev–Trinajstić information content (AvgIpc) is 2.71. The third-order valence-electron chi connectivity index (χ3n) is 5.14. The van der Waals surface area contributed by atoms with Gasteiger partial charge in [0.1, 0.15) is 29.3 Å². The number of hydrogen-bond acceptors (Lipinski definition) is 4. The normalized spacial score (nSPS) is 12.6. The van der Waals surface area contributed by atoms with Crippen LogP contribution in [0.3, 0.4) is 0 Å². The molecule has 0 radical (unpaired) electrons. The van der Waals surface area contributed by atoms with Crippen LogP contribution in [-0.4, -0.2) is 23.6 Å². The Hall–Kier alpha value is -3.62. The largest absolute Gasteiger partial charge is 0.344 e. The van der Waals surface area contributed by atoms with Crippen LogP contribution >= 0.6 is 0 Å². The fourth-order valence-corrected chi connectivity index (χ4v) is 3.00. The summed E-state index contributed by atoms with van der Waals surface area (Å²) >= 11 is 0. The highest BCUT2D eigenvalue weighted by atomic mass is 19.1. The Kier molecular flexibility index (Phi) is 8.39. The van der Waals surface area contributed by atoms with Crippen LogP contribution in [0.5, 0.6) is 0 Å². The zero-order valence-electron chi connectivity index (χ0n) is 18.9. The predicted octanol–water partition coefficient (Wildman–Crippen LogP) is 3.68. The molecule has 33 heavy (non-hydrogen) atoms. The highest BCUT2D eigenvalue weighted by molar-refractivity contribution is 5.92. The lowest BCUT2D eigenvalue weighted by Gasteiger charge is -2.26. The van der Waals surface area contributed by atoms with Gasteiger partial charge in [-0.1, -0.05) is 38.6 Å². The molecular weight excluding hydrogens is 433 g/mol. The fraction of sp³-hybridized carbons (Fsp3) is 0.292. The van der Waals surface area contributed by atoms with Gasteiger partial charge in [-0.05, 0) is 43.2 Å². The topological polar surface area (TPSA) is 82.6 Å². The molecule has 2 aromatic carbocycles. The second-order valence-electron chi connectivity index (χ2n) is 8.13. The van der Waals surface area contributed by atoms with E-state index in [1.807, 2.05) is 13.8 Å². The van der Waals surface area contributed by atoms with E-state index < -0.39 is 34.9 Å². The van der Waals surface area contributed by atoms with E-state index >= 15 is 0 Å². The fourth-order valence-electron chi connectivity index (χ4n) is 3.00. The monoisotopic (exact) mass is 460 g/mol. The molecule has 0 saturated carbocycles. The lowest BCUT2D eigenvalue weighted by atomic mass is 9.80. The van der Waals surface area contributed by atoms with E-state index in [1.54, 1.807) is 25.1 Å². The number of rotatable bonds is 9. The first-order chi connectivity index (χ1) is 15.4. The third kappa shape index (κ3) is 7.20. The molecule has 2 rings (SSSR count). The van der Waals surface area contributed by atoms with E-state index in [0.717, 1.165) is 12.1 Å². The molecule has 0 aliphatic heterocycles. The molecule has 176 valence electrons. The van der Waals surface area contributed by atoms with Gasteiger partial charge in [0.2, 0.25) is 11.8 Å². The highest BCUT2D eigenvalue weighted by Gasteiger charge is 2.27. The van der Waals surface area contributed by atoms with E-state index in [-0.39, 0.29) is 23.6 Å². The molecule has 0 heterocycles. The van der Waals surface area contributed by atoms with Gasteiger partial charge in [0.15, 0.2) is 0 Å². The Balaban J connectivity index is 1.90. The van der Waals surface area contributed by atoms with Gasteiger partial charge in [-0.25, -0.2) is 13.2 Å². The second kappa shape index (κ2) is 10.8. The van der Waals surface area contributed by atoms with Crippen LogP contribution in [0.2, 0.25) is 0 Å². The SMILES string of the molecule is C=C(N/N=C(\C)C(C)(C)c1ccccc1F)NC(=O)[C@H](C)NC(=O)Cc1cc(F)cc(F)c1. The minimum absolute atomic E-state index is 0.0528. The third-order valence-corrected chi connectivity index (χ3v) is 5.14. The minimum Gasteiger partial charge on any atom is -0.344 e. The number of halogens is 3. The molecule has 0 saturated heterocycles. The Morgan fingerprint density at radius 3 is 2.30 bits per heavy atom. The second-order valence-corrected chi connectivity index (χ2v) is 8.13. The Bertz CT molecular complexity index is 1060. The number of carbonyl (C=O) groups excluding carboxylic acids is 2. The number of nitrogens with zero attached hydrogens (tertiary/aromatic N) is 1. The quantitative estimate of drug-likeness (QED) is 0.394. The van der Waals surface area contributed by atoms with Gasteiger partial charge in [-0.15, -0.1) is 0 Å². The number of hydrazone groups is 1. The van der Waals surface area contributed by atoms with Crippen molar-refractivity contribution in [3.05, 3.63) is 83.4 Å². The molecule has 0 bridgehead atoms. The molecule has 3 N–H and O–H groups in total. The van der Waals surface area contributed by atoms with Crippen LogP contribution in [0.15, 0.2) is 60.0 Å². The lowest BCUT2D eigenvalue weighted by molar-refractivity contribution is -0.127. The number of amides is 2. The molecule has 1 atom stereocenters. The van der Waals surface area contributed by atoms with E-state index in [0.29, 0.717) is 17.3 Å². The minimum atomic E-state index is -0.950.